The molecule has 0 bridgehead atoms. The molecule has 1 atom stereocenters. The van der Waals surface area contributed by atoms with Gasteiger partial charge in [-0.3, -0.25) is 0 Å². The van der Waals surface area contributed by atoms with Gasteiger partial charge in [0.25, 0.3) is 0 Å². The van der Waals surface area contributed by atoms with Crippen LogP contribution in [0.4, 0.5) is 5.69 Å². The molecule has 1 aromatic rings. The summed E-state index contributed by atoms with van der Waals surface area (Å²) in [5.41, 5.74) is 1.56. The van der Waals surface area contributed by atoms with Gasteiger partial charge in [0.2, 0.25) is 0 Å². The fourth-order valence-corrected chi connectivity index (χ4v) is 2.96. The quantitative estimate of drug-likeness (QED) is 0.792. The average Bonchev–Trinajstić information content (AvgIpc) is 2.44. The van der Waals surface area contributed by atoms with E-state index in [0.29, 0.717) is 13.2 Å². The first-order valence-corrected chi connectivity index (χ1v) is 7.85. The van der Waals surface area contributed by atoms with Crippen molar-refractivity contribution in [3.05, 3.63) is 28.8 Å². The molecule has 5 heteroatoms. The van der Waals surface area contributed by atoms with E-state index in [-0.39, 0.29) is 0 Å². The van der Waals surface area contributed by atoms with Gasteiger partial charge < -0.3 is 20.1 Å². The number of aliphatic hydroxyl groups is 1. The molecule has 1 aromatic carbocycles. The number of ether oxygens (including phenoxy) is 1. The molecule has 21 heavy (non-hydrogen) atoms. The lowest BCUT2D eigenvalue weighted by atomic mass is 9.94. The van der Waals surface area contributed by atoms with Crippen LogP contribution in [0.1, 0.15) is 25.3 Å². The van der Waals surface area contributed by atoms with E-state index in [9.17, 15) is 5.11 Å². The molecular formula is C16H25ClN2O2. The number of methoxy groups -OCH3 is 1. The van der Waals surface area contributed by atoms with Crippen LogP contribution in [-0.4, -0.2) is 44.1 Å². The Hall–Kier alpha value is -0.810. The van der Waals surface area contributed by atoms with Crippen molar-refractivity contribution in [3.63, 3.8) is 0 Å². The minimum Gasteiger partial charge on any atom is -0.388 e. The Labute approximate surface area is 132 Å². The van der Waals surface area contributed by atoms with Crippen LogP contribution in [0.25, 0.3) is 0 Å². The molecule has 1 fully saturated rings. The highest BCUT2D eigenvalue weighted by atomic mass is 35.5. The minimum absolute atomic E-state index is 0.606. The second-order valence-electron chi connectivity index (χ2n) is 5.97. The van der Waals surface area contributed by atoms with E-state index in [1.54, 1.807) is 7.11 Å². The van der Waals surface area contributed by atoms with E-state index < -0.39 is 5.60 Å². The number of rotatable bonds is 6. The molecule has 1 saturated heterocycles. The molecule has 0 amide bonds. The number of anilines is 1. The largest absolute Gasteiger partial charge is 0.388 e. The topological polar surface area (TPSA) is 44.7 Å². The Kier molecular flexibility index (Phi) is 5.88. The zero-order chi connectivity index (χ0) is 15.3. The van der Waals surface area contributed by atoms with Crippen molar-refractivity contribution in [1.29, 1.82) is 0 Å². The summed E-state index contributed by atoms with van der Waals surface area (Å²) in [6, 6.07) is 6.14. The molecule has 1 aliphatic heterocycles. The van der Waals surface area contributed by atoms with E-state index in [1.807, 2.05) is 13.0 Å². The number of benzene rings is 1. The molecule has 4 nitrogen and oxygen atoms in total. The molecular weight excluding hydrogens is 288 g/mol. The lowest BCUT2D eigenvalue weighted by molar-refractivity contribution is 0.0449. The van der Waals surface area contributed by atoms with Gasteiger partial charge in [0.1, 0.15) is 0 Å². The molecule has 118 valence electrons. The van der Waals surface area contributed by atoms with Crippen LogP contribution in [0, 0.1) is 0 Å². The second-order valence-corrected chi connectivity index (χ2v) is 6.37. The molecule has 0 aliphatic carbocycles. The summed E-state index contributed by atoms with van der Waals surface area (Å²) in [4.78, 5) is 2.21. The third-order valence-corrected chi connectivity index (χ3v) is 4.23. The standard InChI is InChI=1S/C16H25ClN2O2/c1-16(20)6-3-8-19(12-16)14-5-4-13(15(17)10-14)11-18-7-9-21-2/h4-5,10,18,20H,3,6-9,11-12H2,1-2H3. The van der Waals surface area contributed by atoms with Crippen LogP contribution in [0.15, 0.2) is 18.2 Å². The summed E-state index contributed by atoms with van der Waals surface area (Å²) in [7, 11) is 1.69. The van der Waals surface area contributed by atoms with Gasteiger partial charge in [-0.1, -0.05) is 17.7 Å². The van der Waals surface area contributed by atoms with Gasteiger partial charge in [-0.25, -0.2) is 0 Å². The van der Waals surface area contributed by atoms with Crippen molar-refractivity contribution in [1.82, 2.24) is 5.32 Å². The summed E-state index contributed by atoms with van der Waals surface area (Å²) >= 11 is 6.37. The Morgan fingerprint density at radius 1 is 1.48 bits per heavy atom. The Morgan fingerprint density at radius 2 is 2.29 bits per heavy atom. The molecule has 2 rings (SSSR count). The number of hydrogen-bond acceptors (Lipinski definition) is 4. The lowest BCUT2D eigenvalue weighted by Crippen LogP contribution is -2.46. The number of halogens is 1. The number of β-amino-alcohol motifs (C(OH)–C–C–N with tert-alkyl or cyclic N) is 1. The van der Waals surface area contributed by atoms with Gasteiger partial charge in [0.05, 0.1) is 12.2 Å². The van der Waals surface area contributed by atoms with Crippen LogP contribution >= 0.6 is 11.6 Å². The van der Waals surface area contributed by atoms with E-state index in [1.165, 1.54) is 0 Å². The van der Waals surface area contributed by atoms with Gasteiger partial charge in [-0.05, 0) is 37.5 Å². The maximum atomic E-state index is 10.2. The predicted molar refractivity (Wildman–Crippen MR) is 87.1 cm³/mol. The van der Waals surface area contributed by atoms with Crippen molar-refractivity contribution in [2.24, 2.45) is 0 Å². The fourth-order valence-electron chi connectivity index (χ4n) is 2.71. The van der Waals surface area contributed by atoms with Crippen LogP contribution in [-0.2, 0) is 11.3 Å². The number of hydrogen-bond donors (Lipinski definition) is 2. The SMILES string of the molecule is COCCNCc1ccc(N2CCCC(C)(O)C2)cc1Cl. The summed E-state index contributed by atoms with van der Waals surface area (Å²) < 4.78 is 5.00. The fraction of sp³-hybridized carbons (Fsp3) is 0.625. The van der Waals surface area contributed by atoms with Crippen LogP contribution in [0.2, 0.25) is 5.02 Å². The Morgan fingerprint density at radius 3 is 2.95 bits per heavy atom. The molecule has 1 heterocycles. The normalized spacial score (nSPS) is 22.6. The second kappa shape index (κ2) is 7.45. The monoisotopic (exact) mass is 312 g/mol. The minimum atomic E-state index is -0.606. The van der Waals surface area contributed by atoms with Crippen LogP contribution in [0.3, 0.4) is 0 Å². The molecule has 0 saturated carbocycles. The highest BCUT2D eigenvalue weighted by molar-refractivity contribution is 6.31. The summed E-state index contributed by atoms with van der Waals surface area (Å²) in [5, 5.41) is 14.3. The highest BCUT2D eigenvalue weighted by Crippen LogP contribution is 2.29. The van der Waals surface area contributed by atoms with Gasteiger partial charge in [-0.2, -0.15) is 0 Å². The van der Waals surface area contributed by atoms with Gasteiger partial charge in [-0.15, -0.1) is 0 Å². The smallest absolute Gasteiger partial charge is 0.0794 e. The maximum absolute atomic E-state index is 10.2. The maximum Gasteiger partial charge on any atom is 0.0794 e. The zero-order valence-corrected chi connectivity index (χ0v) is 13.6. The Bertz CT molecular complexity index is 466. The van der Waals surface area contributed by atoms with Gasteiger partial charge in [0, 0.05) is 44.0 Å². The van der Waals surface area contributed by atoms with E-state index in [2.05, 4.69) is 22.3 Å². The number of piperidine rings is 1. The summed E-state index contributed by atoms with van der Waals surface area (Å²) in [5.74, 6) is 0. The van der Waals surface area contributed by atoms with Crippen LogP contribution in [0.5, 0.6) is 0 Å². The Balaban J connectivity index is 1.98. The summed E-state index contributed by atoms with van der Waals surface area (Å²) in [6.45, 7) is 5.77. The third-order valence-electron chi connectivity index (χ3n) is 3.88. The van der Waals surface area contributed by atoms with E-state index in [4.69, 9.17) is 16.3 Å². The molecule has 1 aliphatic rings. The van der Waals surface area contributed by atoms with Crippen molar-refractivity contribution >= 4 is 17.3 Å². The molecule has 2 N–H and O–H groups in total. The average molecular weight is 313 g/mol. The third kappa shape index (κ3) is 4.85. The van der Waals surface area contributed by atoms with Crippen molar-refractivity contribution in [2.45, 2.75) is 31.9 Å². The number of nitrogens with one attached hydrogen (secondary N) is 1. The molecule has 0 aromatic heterocycles. The predicted octanol–water partition coefficient (Wildman–Crippen LogP) is 2.43. The van der Waals surface area contributed by atoms with Crippen molar-refractivity contribution in [2.75, 3.05) is 38.3 Å². The van der Waals surface area contributed by atoms with Crippen molar-refractivity contribution < 1.29 is 9.84 Å². The van der Waals surface area contributed by atoms with Gasteiger partial charge in [0.15, 0.2) is 0 Å². The molecule has 1 unspecified atom stereocenters. The zero-order valence-electron chi connectivity index (χ0n) is 12.9. The first kappa shape index (κ1) is 16.6. The van der Waals surface area contributed by atoms with E-state index in [0.717, 1.165) is 48.7 Å². The first-order chi connectivity index (χ1) is 10.0. The molecule has 0 spiro atoms. The molecule has 0 radical (unpaired) electrons. The van der Waals surface area contributed by atoms with Crippen molar-refractivity contribution in [3.8, 4) is 0 Å². The summed E-state index contributed by atoms with van der Waals surface area (Å²) in [6.07, 6.45) is 1.86. The van der Waals surface area contributed by atoms with E-state index >= 15 is 0 Å². The lowest BCUT2D eigenvalue weighted by Gasteiger charge is -2.38. The highest BCUT2D eigenvalue weighted by Gasteiger charge is 2.28. The first-order valence-electron chi connectivity index (χ1n) is 7.47. The number of nitrogens with zero attached hydrogens (tertiary/aromatic N) is 1. The van der Waals surface area contributed by atoms with Gasteiger partial charge >= 0.3 is 0 Å². The van der Waals surface area contributed by atoms with Crippen LogP contribution < -0.4 is 10.2 Å².